The second-order valence-corrected chi connectivity index (χ2v) is 7.76. The summed E-state index contributed by atoms with van der Waals surface area (Å²) >= 11 is 0. The number of rotatable bonds is 3. The first-order valence-electron chi connectivity index (χ1n) is 9.95. The Balaban J connectivity index is 1.37. The molecule has 0 amide bonds. The van der Waals surface area contributed by atoms with Gasteiger partial charge in [0.1, 0.15) is 5.82 Å². The van der Waals surface area contributed by atoms with Crippen molar-refractivity contribution in [1.29, 1.82) is 0 Å². The average Bonchev–Trinajstić information content (AvgIpc) is 3.16. The minimum absolute atomic E-state index is 0.249. The van der Waals surface area contributed by atoms with Crippen LogP contribution in [0.4, 0.5) is 13.2 Å². The van der Waals surface area contributed by atoms with Crippen LogP contribution in [0.1, 0.15) is 22.5 Å². The first-order valence-corrected chi connectivity index (χ1v) is 9.95. The molecule has 1 aliphatic heterocycles. The standard InChI is InChI=1S/C23H19F3N4O/c24-23(25,26)16-7-5-14(6-8-16)21-28-20-9-10-30(13-18(20)22(31)29-21)12-17-11-15-3-1-2-4-19(15)27-17/h1-8,11,27H,9-10,12-13H2,(H,28,29,31). The molecule has 1 aliphatic rings. The number of alkyl halides is 3. The van der Waals surface area contributed by atoms with E-state index in [1.54, 1.807) is 0 Å². The molecule has 0 saturated heterocycles. The summed E-state index contributed by atoms with van der Waals surface area (Å²) in [6.45, 7) is 1.90. The number of halogens is 3. The normalized spacial score (nSPS) is 14.7. The van der Waals surface area contributed by atoms with Crippen LogP contribution in [0, 0.1) is 0 Å². The van der Waals surface area contributed by atoms with Crippen molar-refractivity contribution >= 4 is 10.9 Å². The molecule has 2 aromatic carbocycles. The predicted molar refractivity (Wildman–Crippen MR) is 111 cm³/mol. The van der Waals surface area contributed by atoms with Gasteiger partial charge in [-0.1, -0.05) is 30.3 Å². The summed E-state index contributed by atoms with van der Waals surface area (Å²) < 4.78 is 38.4. The summed E-state index contributed by atoms with van der Waals surface area (Å²) in [5.74, 6) is 0.293. The van der Waals surface area contributed by atoms with Crippen molar-refractivity contribution in [2.75, 3.05) is 6.54 Å². The van der Waals surface area contributed by atoms with Gasteiger partial charge in [-0.25, -0.2) is 4.98 Å². The summed E-state index contributed by atoms with van der Waals surface area (Å²) in [6.07, 6.45) is -3.79. The Morgan fingerprint density at radius 3 is 2.55 bits per heavy atom. The summed E-state index contributed by atoms with van der Waals surface area (Å²) in [5.41, 5.74) is 2.94. The molecule has 8 heteroatoms. The van der Waals surface area contributed by atoms with Crippen LogP contribution >= 0.6 is 0 Å². The number of hydrogen-bond acceptors (Lipinski definition) is 3. The Bertz CT molecular complexity index is 1270. The maximum absolute atomic E-state index is 12.8. The number of fused-ring (bicyclic) bond motifs is 2. The molecular weight excluding hydrogens is 405 g/mol. The molecule has 0 fully saturated rings. The lowest BCUT2D eigenvalue weighted by atomic mass is 10.1. The highest BCUT2D eigenvalue weighted by Gasteiger charge is 2.30. The second kappa shape index (κ2) is 7.39. The lowest BCUT2D eigenvalue weighted by molar-refractivity contribution is -0.137. The fraction of sp³-hybridized carbons (Fsp3) is 0.217. The zero-order valence-electron chi connectivity index (χ0n) is 16.5. The van der Waals surface area contributed by atoms with E-state index >= 15 is 0 Å². The van der Waals surface area contributed by atoms with Gasteiger partial charge in [-0.15, -0.1) is 0 Å². The molecular formula is C23H19F3N4O. The first kappa shape index (κ1) is 19.6. The van der Waals surface area contributed by atoms with Gasteiger partial charge >= 0.3 is 6.18 Å². The van der Waals surface area contributed by atoms with Gasteiger partial charge in [-0.3, -0.25) is 9.69 Å². The van der Waals surface area contributed by atoms with Gasteiger partial charge in [0.05, 0.1) is 16.8 Å². The molecule has 0 radical (unpaired) electrons. The molecule has 0 bridgehead atoms. The van der Waals surface area contributed by atoms with Gasteiger partial charge in [-0.05, 0) is 29.7 Å². The summed E-state index contributed by atoms with van der Waals surface area (Å²) in [5, 5.41) is 1.15. The number of nitrogens with one attached hydrogen (secondary N) is 2. The fourth-order valence-corrected chi connectivity index (χ4v) is 4.03. The third-order valence-electron chi connectivity index (χ3n) is 5.61. The molecule has 0 saturated carbocycles. The van der Waals surface area contributed by atoms with Crippen LogP contribution in [0.15, 0.2) is 59.4 Å². The minimum Gasteiger partial charge on any atom is -0.357 e. The number of para-hydroxylation sites is 1. The maximum atomic E-state index is 12.8. The number of hydrogen-bond donors (Lipinski definition) is 2. The summed E-state index contributed by atoms with van der Waals surface area (Å²) in [6, 6.07) is 14.8. The zero-order chi connectivity index (χ0) is 21.6. The monoisotopic (exact) mass is 424 g/mol. The van der Waals surface area contributed by atoms with E-state index in [9.17, 15) is 18.0 Å². The molecule has 0 spiro atoms. The Labute approximate surface area is 175 Å². The van der Waals surface area contributed by atoms with E-state index in [4.69, 9.17) is 0 Å². The SMILES string of the molecule is O=c1[nH]c(-c2ccc(C(F)(F)F)cc2)nc2c1CN(Cc1cc3ccccc3[nH]1)CC2. The van der Waals surface area contributed by atoms with E-state index in [0.29, 0.717) is 42.2 Å². The van der Waals surface area contributed by atoms with Crippen molar-refractivity contribution < 1.29 is 13.2 Å². The summed E-state index contributed by atoms with van der Waals surface area (Å²) in [4.78, 5) is 25.6. The molecule has 5 nitrogen and oxygen atoms in total. The molecule has 3 heterocycles. The van der Waals surface area contributed by atoms with Crippen LogP contribution in [0.3, 0.4) is 0 Å². The van der Waals surface area contributed by atoms with E-state index in [2.05, 4.69) is 32.0 Å². The second-order valence-electron chi connectivity index (χ2n) is 7.76. The predicted octanol–water partition coefficient (Wildman–Crippen LogP) is 4.50. The van der Waals surface area contributed by atoms with Gasteiger partial charge in [0.2, 0.25) is 0 Å². The average molecular weight is 424 g/mol. The Hall–Kier alpha value is -3.39. The van der Waals surface area contributed by atoms with Crippen LogP contribution in [0.5, 0.6) is 0 Å². The number of H-pyrrole nitrogens is 2. The quantitative estimate of drug-likeness (QED) is 0.509. The van der Waals surface area contributed by atoms with Crippen LogP contribution in [0.25, 0.3) is 22.3 Å². The van der Waals surface area contributed by atoms with E-state index < -0.39 is 11.7 Å². The van der Waals surface area contributed by atoms with Crippen LogP contribution in [-0.4, -0.2) is 26.4 Å². The molecule has 5 rings (SSSR count). The van der Waals surface area contributed by atoms with Crippen LogP contribution < -0.4 is 5.56 Å². The van der Waals surface area contributed by atoms with Gasteiger partial charge in [-0.2, -0.15) is 13.2 Å². The number of nitrogens with zero attached hydrogens (tertiary/aromatic N) is 2. The molecule has 2 aromatic heterocycles. The summed E-state index contributed by atoms with van der Waals surface area (Å²) in [7, 11) is 0. The van der Waals surface area contributed by atoms with E-state index in [1.807, 2.05) is 18.2 Å². The third kappa shape index (κ3) is 3.86. The molecule has 2 N–H and O–H groups in total. The minimum atomic E-state index is -4.40. The van der Waals surface area contributed by atoms with E-state index in [1.165, 1.54) is 12.1 Å². The lowest BCUT2D eigenvalue weighted by Crippen LogP contribution is -2.35. The molecule has 31 heavy (non-hydrogen) atoms. The number of benzene rings is 2. The van der Waals surface area contributed by atoms with Crippen molar-refractivity contribution in [3.8, 4) is 11.4 Å². The van der Waals surface area contributed by atoms with E-state index in [-0.39, 0.29) is 5.56 Å². The zero-order valence-corrected chi connectivity index (χ0v) is 16.5. The molecule has 0 atom stereocenters. The Kier molecular flexibility index (Phi) is 4.66. The molecule has 4 aromatic rings. The molecule has 0 unspecified atom stereocenters. The van der Waals surface area contributed by atoms with Crippen molar-refractivity contribution in [3.05, 3.63) is 87.5 Å². The van der Waals surface area contributed by atoms with Crippen molar-refractivity contribution in [1.82, 2.24) is 19.9 Å². The first-order chi connectivity index (χ1) is 14.9. The van der Waals surface area contributed by atoms with Gasteiger partial charge in [0, 0.05) is 42.8 Å². The number of aromatic amines is 2. The highest BCUT2D eigenvalue weighted by molar-refractivity contribution is 5.80. The van der Waals surface area contributed by atoms with E-state index in [0.717, 1.165) is 35.3 Å². The molecule has 0 aliphatic carbocycles. The van der Waals surface area contributed by atoms with Crippen LogP contribution in [-0.2, 0) is 25.7 Å². The Morgan fingerprint density at radius 2 is 1.81 bits per heavy atom. The largest absolute Gasteiger partial charge is 0.416 e. The van der Waals surface area contributed by atoms with Crippen molar-refractivity contribution in [3.63, 3.8) is 0 Å². The third-order valence-corrected chi connectivity index (χ3v) is 5.61. The van der Waals surface area contributed by atoms with Crippen LogP contribution in [0.2, 0.25) is 0 Å². The highest BCUT2D eigenvalue weighted by atomic mass is 19.4. The number of aromatic nitrogens is 3. The maximum Gasteiger partial charge on any atom is 0.416 e. The molecule has 158 valence electrons. The van der Waals surface area contributed by atoms with Crippen molar-refractivity contribution in [2.45, 2.75) is 25.7 Å². The highest BCUT2D eigenvalue weighted by Crippen LogP contribution is 2.30. The Morgan fingerprint density at radius 1 is 1.03 bits per heavy atom. The lowest BCUT2D eigenvalue weighted by Gasteiger charge is -2.27. The smallest absolute Gasteiger partial charge is 0.357 e. The topological polar surface area (TPSA) is 64.8 Å². The fourth-order valence-electron chi connectivity index (χ4n) is 4.03. The van der Waals surface area contributed by atoms with Gasteiger partial charge in [0.25, 0.3) is 5.56 Å². The van der Waals surface area contributed by atoms with Gasteiger partial charge < -0.3 is 9.97 Å². The van der Waals surface area contributed by atoms with Gasteiger partial charge in [0.15, 0.2) is 0 Å². The van der Waals surface area contributed by atoms with Crippen molar-refractivity contribution in [2.24, 2.45) is 0 Å².